The van der Waals surface area contributed by atoms with Crippen LogP contribution in [0.15, 0.2) is 4.99 Å². The summed E-state index contributed by atoms with van der Waals surface area (Å²) in [6, 6.07) is 0.527. The minimum absolute atomic E-state index is 0.334. The maximum atomic E-state index is 5.21. The molecular formula is C21H41N5OS. The molecule has 0 aromatic heterocycles. The lowest BCUT2D eigenvalue weighted by Crippen LogP contribution is -2.60. The molecule has 3 fully saturated rings. The first-order valence-corrected chi connectivity index (χ1v) is 12.4. The Kier molecular flexibility index (Phi) is 9.21. The summed E-state index contributed by atoms with van der Waals surface area (Å²) in [5.41, 5.74) is 0.334. The number of nitrogens with zero attached hydrogens (tertiary/aromatic N) is 3. The molecule has 1 aliphatic carbocycles. The van der Waals surface area contributed by atoms with E-state index in [9.17, 15) is 0 Å². The molecular weight excluding hydrogens is 370 g/mol. The van der Waals surface area contributed by atoms with Crippen molar-refractivity contribution in [2.75, 3.05) is 71.5 Å². The first-order valence-electron chi connectivity index (χ1n) is 11.3. The second-order valence-corrected chi connectivity index (χ2v) is 9.79. The van der Waals surface area contributed by atoms with Gasteiger partial charge in [-0.2, -0.15) is 11.8 Å². The Morgan fingerprint density at radius 1 is 1.11 bits per heavy atom. The molecule has 0 unspecified atom stereocenters. The predicted molar refractivity (Wildman–Crippen MR) is 121 cm³/mol. The fourth-order valence-corrected chi connectivity index (χ4v) is 5.91. The third kappa shape index (κ3) is 6.25. The maximum Gasteiger partial charge on any atom is 0.191 e. The molecule has 0 radical (unpaired) electrons. The molecule has 1 saturated carbocycles. The van der Waals surface area contributed by atoms with Crippen LogP contribution in [0.4, 0.5) is 0 Å². The van der Waals surface area contributed by atoms with E-state index in [1.165, 1.54) is 69.5 Å². The van der Waals surface area contributed by atoms with Crippen molar-refractivity contribution < 1.29 is 4.74 Å². The first kappa shape index (κ1) is 22.2. The van der Waals surface area contributed by atoms with Crippen LogP contribution in [0.25, 0.3) is 0 Å². The zero-order chi connectivity index (χ0) is 19.7. The van der Waals surface area contributed by atoms with Crippen LogP contribution in [0, 0.1) is 0 Å². The number of aliphatic imine (C=N–C) groups is 1. The van der Waals surface area contributed by atoms with Crippen molar-refractivity contribution in [2.24, 2.45) is 4.99 Å². The zero-order valence-corrected chi connectivity index (χ0v) is 18.9. The summed E-state index contributed by atoms with van der Waals surface area (Å²) < 4.78 is 5.21. The van der Waals surface area contributed by atoms with Crippen LogP contribution in [0.1, 0.15) is 44.9 Å². The minimum Gasteiger partial charge on any atom is -0.383 e. The first-order chi connectivity index (χ1) is 13.8. The summed E-state index contributed by atoms with van der Waals surface area (Å²) in [6.45, 7) is 7.70. The molecule has 0 aromatic carbocycles. The molecule has 6 nitrogen and oxygen atoms in total. The number of guanidine groups is 1. The van der Waals surface area contributed by atoms with Gasteiger partial charge < -0.3 is 20.3 Å². The van der Waals surface area contributed by atoms with Crippen LogP contribution in [0.3, 0.4) is 0 Å². The number of ether oxygens (including phenoxy) is 1. The number of piperidine rings is 1. The molecule has 28 heavy (non-hydrogen) atoms. The third-order valence-electron chi connectivity index (χ3n) is 6.81. The Morgan fingerprint density at radius 3 is 2.46 bits per heavy atom. The van der Waals surface area contributed by atoms with Gasteiger partial charge in [0.25, 0.3) is 0 Å². The van der Waals surface area contributed by atoms with Gasteiger partial charge in [0.15, 0.2) is 5.96 Å². The Bertz CT molecular complexity index is 469. The molecule has 2 N–H and O–H groups in total. The molecule has 0 spiro atoms. The van der Waals surface area contributed by atoms with Crippen LogP contribution >= 0.6 is 11.8 Å². The van der Waals surface area contributed by atoms with Crippen molar-refractivity contribution in [3.8, 4) is 0 Å². The number of methoxy groups -OCH3 is 1. The maximum absolute atomic E-state index is 5.21. The zero-order valence-electron chi connectivity index (χ0n) is 18.0. The van der Waals surface area contributed by atoms with Gasteiger partial charge in [-0.15, -0.1) is 0 Å². The third-order valence-corrected chi connectivity index (χ3v) is 7.76. The van der Waals surface area contributed by atoms with Crippen molar-refractivity contribution in [1.82, 2.24) is 20.4 Å². The highest BCUT2D eigenvalue weighted by Crippen LogP contribution is 2.34. The average Bonchev–Trinajstić information content (AvgIpc) is 2.77. The van der Waals surface area contributed by atoms with Gasteiger partial charge in [0.1, 0.15) is 0 Å². The average molecular weight is 412 g/mol. The molecule has 3 rings (SSSR count). The van der Waals surface area contributed by atoms with Crippen molar-refractivity contribution in [3.05, 3.63) is 0 Å². The quantitative estimate of drug-likeness (QED) is 0.494. The lowest BCUT2D eigenvalue weighted by molar-refractivity contribution is 0.0624. The van der Waals surface area contributed by atoms with Crippen molar-refractivity contribution in [3.63, 3.8) is 0 Å². The highest BCUT2D eigenvalue weighted by Gasteiger charge is 2.38. The van der Waals surface area contributed by atoms with Crippen LogP contribution < -0.4 is 10.6 Å². The van der Waals surface area contributed by atoms with E-state index >= 15 is 0 Å². The van der Waals surface area contributed by atoms with Gasteiger partial charge in [-0.3, -0.25) is 9.89 Å². The van der Waals surface area contributed by atoms with E-state index < -0.39 is 0 Å². The molecule has 162 valence electrons. The number of nitrogens with one attached hydrogen (secondary N) is 2. The largest absolute Gasteiger partial charge is 0.383 e. The molecule has 2 saturated heterocycles. The Labute approximate surface area is 176 Å². The smallest absolute Gasteiger partial charge is 0.191 e. The number of hydrogen-bond acceptors (Lipinski definition) is 5. The second kappa shape index (κ2) is 11.6. The van der Waals surface area contributed by atoms with Gasteiger partial charge in [-0.05, 0) is 25.7 Å². The fourth-order valence-electron chi connectivity index (χ4n) is 5.01. The normalized spacial score (nSPS) is 25.6. The highest BCUT2D eigenvalue weighted by atomic mass is 32.2. The summed E-state index contributed by atoms with van der Waals surface area (Å²) in [5.74, 6) is 3.57. The topological polar surface area (TPSA) is 52.1 Å². The standard InChI is InChI=1S/C21H41N5OS/c1-22-20(24-19-6-10-25(11-7-19)12-15-27-2)23-18-21(8-4-3-5-9-21)26-13-16-28-17-14-26/h19H,3-18H2,1-2H3,(H2,22,23,24). The Hall–Kier alpha value is -0.500. The van der Waals surface area contributed by atoms with Gasteiger partial charge in [0.05, 0.1) is 6.61 Å². The summed E-state index contributed by atoms with van der Waals surface area (Å²) in [7, 11) is 3.69. The Balaban J connectivity index is 1.48. The molecule has 0 amide bonds. The molecule has 3 aliphatic rings. The summed E-state index contributed by atoms with van der Waals surface area (Å²) in [6.07, 6.45) is 9.17. The molecule has 0 aromatic rings. The van der Waals surface area contributed by atoms with Gasteiger partial charge in [-0.25, -0.2) is 0 Å². The number of hydrogen-bond donors (Lipinski definition) is 2. The lowest BCUT2D eigenvalue weighted by Gasteiger charge is -2.48. The van der Waals surface area contributed by atoms with Crippen LogP contribution in [-0.2, 0) is 4.74 Å². The van der Waals surface area contributed by atoms with E-state index in [4.69, 9.17) is 4.74 Å². The lowest BCUT2D eigenvalue weighted by atomic mass is 9.80. The predicted octanol–water partition coefficient (Wildman–Crippen LogP) is 2.01. The van der Waals surface area contributed by atoms with Gasteiger partial charge in [0.2, 0.25) is 0 Å². The van der Waals surface area contributed by atoms with Gasteiger partial charge in [-0.1, -0.05) is 19.3 Å². The van der Waals surface area contributed by atoms with E-state index in [1.807, 2.05) is 7.05 Å². The number of rotatable bonds is 7. The van der Waals surface area contributed by atoms with E-state index in [-0.39, 0.29) is 0 Å². The van der Waals surface area contributed by atoms with E-state index in [2.05, 4.69) is 37.2 Å². The summed E-state index contributed by atoms with van der Waals surface area (Å²) in [5, 5.41) is 7.43. The van der Waals surface area contributed by atoms with Gasteiger partial charge >= 0.3 is 0 Å². The van der Waals surface area contributed by atoms with E-state index in [0.717, 1.165) is 38.7 Å². The van der Waals surface area contributed by atoms with Crippen molar-refractivity contribution >= 4 is 17.7 Å². The van der Waals surface area contributed by atoms with Crippen molar-refractivity contribution in [2.45, 2.75) is 56.5 Å². The molecule has 2 heterocycles. The van der Waals surface area contributed by atoms with Gasteiger partial charge in [0, 0.05) is 76.5 Å². The highest BCUT2D eigenvalue weighted by molar-refractivity contribution is 7.99. The molecule has 2 aliphatic heterocycles. The molecule has 0 bridgehead atoms. The van der Waals surface area contributed by atoms with E-state index in [0.29, 0.717) is 11.6 Å². The fraction of sp³-hybridized carbons (Fsp3) is 0.952. The van der Waals surface area contributed by atoms with Crippen LogP contribution in [0.5, 0.6) is 0 Å². The summed E-state index contributed by atoms with van der Waals surface area (Å²) in [4.78, 5) is 9.84. The second-order valence-electron chi connectivity index (χ2n) is 8.56. The van der Waals surface area contributed by atoms with E-state index in [1.54, 1.807) is 7.11 Å². The molecule has 7 heteroatoms. The monoisotopic (exact) mass is 411 g/mol. The Morgan fingerprint density at radius 2 is 1.82 bits per heavy atom. The van der Waals surface area contributed by atoms with Crippen molar-refractivity contribution in [1.29, 1.82) is 0 Å². The number of thioether (sulfide) groups is 1. The SMILES string of the molecule is CN=C(NCC1(N2CCSCC2)CCCCC1)NC1CCN(CCOC)CC1. The number of likely N-dealkylation sites (tertiary alicyclic amines) is 1. The van der Waals surface area contributed by atoms with Crippen LogP contribution in [0.2, 0.25) is 0 Å². The minimum atomic E-state index is 0.334. The molecule has 0 atom stereocenters. The van der Waals surface area contributed by atoms with Crippen LogP contribution in [-0.4, -0.2) is 98.9 Å². The summed E-state index contributed by atoms with van der Waals surface area (Å²) >= 11 is 2.11.